The molecule has 0 aliphatic heterocycles. The van der Waals surface area contributed by atoms with Gasteiger partial charge in [0.2, 0.25) is 0 Å². The Hall–Kier alpha value is -1.91. The zero-order chi connectivity index (χ0) is 14.7. The van der Waals surface area contributed by atoms with Gasteiger partial charge < -0.3 is 9.47 Å². The zero-order valence-corrected chi connectivity index (χ0v) is 12.9. The predicted octanol–water partition coefficient (Wildman–Crippen LogP) is 2.39. The first-order valence-corrected chi connectivity index (χ1v) is 7.77. The van der Waals surface area contributed by atoms with E-state index in [4.69, 9.17) is 4.98 Å². The maximum Gasteiger partial charge on any atom is 0.135 e. The van der Waals surface area contributed by atoms with Gasteiger partial charge in [-0.2, -0.15) is 0 Å². The molecular weight excluding hydrogens is 262 g/mol. The van der Waals surface area contributed by atoms with Crippen molar-refractivity contribution in [2.45, 2.75) is 45.6 Å². The average Bonchev–Trinajstić information content (AvgIpc) is 2.99. The van der Waals surface area contributed by atoms with Gasteiger partial charge in [0.1, 0.15) is 11.6 Å². The Kier molecular flexibility index (Phi) is 4.18. The minimum Gasteiger partial charge on any atom is -0.359 e. The topological polar surface area (TPSA) is 46.8 Å². The van der Waals surface area contributed by atoms with E-state index in [1.54, 1.807) is 0 Å². The van der Waals surface area contributed by atoms with Crippen LogP contribution in [0.3, 0.4) is 0 Å². The average molecular weight is 285 g/mol. The van der Waals surface area contributed by atoms with E-state index in [-0.39, 0.29) is 0 Å². The number of aromatic nitrogens is 4. The molecule has 0 atom stereocenters. The summed E-state index contributed by atoms with van der Waals surface area (Å²) in [5.74, 6) is 2.04. The van der Waals surface area contributed by atoms with Crippen LogP contribution in [0.4, 0.5) is 5.82 Å². The van der Waals surface area contributed by atoms with E-state index < -0.39 is 0 Å². The first-order chi connectivity index (χ1) is 10.2. The number of anilines is 1. The maximum atomic E-state index is 4.70. The number of nitrogens with zero attached hydrogens (tertiary/aromatic N) is 5. The quantitative estimate of drug-likeness (QED) is 0.846. The predicted molar refractivity (Wildman–Crippen MR) is 83.5 cm³/mol. The third-order valence-corrected chi connectivity index (χ3v) is 4.10. The first kappa shape index (κ1) is 14.0. The Balaban J connectivity index is 1.69. The summed E-state index contributed by atoms with van der Waals surface area (Å²) in [6.45, 7) is 4.00. The van der Waals surface area contributed by atoms with E-state index in [0.29, 0.717) is 0 Å². The van der Waals surface area contributed by atoms with Crippen molar-refractivity contribution in [1.29, 1.82) is 0 Å². The molecule has 5 nitrogen and oxygen atoms in total. The number of fused-ring (bicyclic) bond motifs is 1. The molecule has 0 saturated heterocycles. The zero-order valence-electron chi connectivity index (χ0n) is 12.9. The van der Waals surface area contributed by atoms with Crippen molar-refractivity contribution in [1.82, 2.24) is 19.5 Å². The highest BCUT2D eigenvalue weighted by Gasteiger charge is 2.18. The molecular formula is C16H23N5. The standard InChI is InChI=1S/C16H23N5/c1-13-18-15-7-4-3-6-14(15)16(19-13)20(2)9-5-10-21-11-8-17-12-21/h8,11-12H,3-7,9-10H2,1-2H3. The van der Waals surface area contributed by atoms with E-state index in [2.05, 4.69) is 26.5 Å². The lowest BCUT2D eigenvalue weighted by Gasteiger charge is -2.25. The van der Waals surface area contributed by atoms with Gasteiger partial charge in [0, 0.05) is 43.8 Å². The summed E-state index contributed by atoms with van der Waals surface area (Å²) in [4.78, 5) is 15.7. The van der Waals surface area contributed by atoms with Gasteiger partial charge in [-0.25, -0.2) is 15.0 Å². The summed E-state index contributed by atoms with van der Waals surface area (Å²) in [7, 11) is 2.14. The fourth-order valence-electron chi connectivity index (χ4n) is 3.03. The van der Waals surface area contributed by atoms with E-state index in [0.717, 1.165) is 44.0 Å². The van der Waals surface area contributed by atoms with E-state index in [1.165, 1.54) is 24.1 Å². The molecule has 0 aromatic carbocycles. The molecule has 0 saturated carbocycles. The van der Waals surface area contributed by atoms with Crippen molar-refractivity contribution < 1.29 is 0 Å². The van der Waals surface area contributed by atoms with E-state index in [9.17, 15) is 0 Å². The van der Waals surface area contributed by atoms with Crippen molar-refractivity contribution in [3.05, 3.63) is 35.8 Å². The number of imidazole rings is 1. The minimum atomic E-state index is 0.895. The summed E-state index contributed by atoms with van der Waals surface area (Å²) in [6, 6.07) is 0. The van der Waals surface area contributed by atoms with Gasteiger partial charge in [-0.1, -0.05) is 0 Å². The van der Waals surface area contributed by atoms with Gasteiger partial charge in [-0.05, 0) is 39.0 Å². The van der Waals surface area contributed by atoms with E-state index in [1.807, 2.05) is 25.6 Å². The Morgan fingerprint density at radius 3 is 2.90 bits per heavy atom. The Morgan fingerprint density at radius 1 is 1.24 bits per heavy atom. The van der Waals surface area contributed by atoms with Gasteiger partial charge in [-0.3, -0.25) is 0 Å². The highest BCUT2D eigenvalue weighted by Crippen LogP contribution is 2.27. The molecule has 5 heteroatoms. The second-order valence-corrected chi connectivity index (χ2v) is 5.80. The van der Waals surface area contributed by atoms with Crippen molar-refractivity contribution >= 4 is 5.82 Å². The van der Waals surface area contributed by atoms with Gasteiger partial charge >= 0.3 is 0 Å². The van der Waals surface area contributed by atoms with Crippen LogP contribution in [0.15, 0.2) is 18.7 Å². The van der Waals surface area contributed by atoms with Crippen LogP contribution in [0.1, 0.15) is 36.3 Å². The summed E-state index contributed by atoms with van der Waals surface area (Å²) in [5.41, 5.74) is 2.64. The molecule has 112 valence electrons. The molecule has 0 bridgehead atoms. The molecule has 0 spiro atoms. The lowest BCUT2D eigenvalue weighted by Crippen LogP contribution is -2.25. The van der Waals surface area contributed by atoms with Crippen molar-refractivity contribution in [3.63, 3.8) is 0 Å². The lowest BCUT2D eigenvalue weighted by molar-refractivity contribution is 0.624. The van der Waals surface area contributed by atoms with Crippen LogP contribution in [0.25, 0.3) is 0 Å². The number of aryl methyl sites for hydroxylation is 3. The third-order valence-electron chi connectivity index (χ3n) is 4.10. The van der Waals surface area contributed by atoms with Gasteiger partial charge in [0.05, 0.1) is 6.33 Å². The van der Waals surface area contributed by atoms with Crippen LogP contribution in [-0.2, 0) is 19.4 Å². The van der Waals surface area contributed by atoms with Crippen molar-refractivity contribution in [2.75, 3.05) is 18.5 Å². The molecule has 2 aromatic heterocycles. The van der Waals surface area contributed by atoms with Gasteiger partial charge in [-0.15, -0.1) is 0 Å². The van der Waals surface area contributed by atoms with Gasteiger partial charge in [0.25, 0.3) is 0 Å². The molecule has 0 fully saturated rings. The fourth-order valence-corrected chi connectivity index (χ4v) is 3.03. The molecule has 2 aromatic rings. The highest BCUT2D eigenvalue weighted by atomic mass is 15.2. The largest absolute Gasteiger partial charge is 0.359 e. The monoisotopic (exact) mass is 285 g/mol. The minimum absolute atomic E-state index is 0.895. The summed E-state index contributed by atoms with van der Waals surface area (Å²) in [6.07, 6.45) is 11.5. The van der Waals surface area contributed by atoms with Crippen LogP contribution in [0.5, 0.6) is 0 Å². The number of hydrogen-bond acceptors (Lipinski definition) is 4. The van der Waals surface area contributed by atoms with Crippen molar-refractivity contribution in [2.24, 2.45) is 0 Å². The molecule has 0 amide bonds. The second kappa shape index (κ2) is 6.24. The van der Waals surface area contributed by atoms with Crippen LogP contribution >= 0.6 is 0 Å². The molecule has 2 heterocycles. The Morgan fingerprint density at radius 2 is 2.10 bits per heavy atom. The smallest absolute Gasteiger partial charge is 0.135 e. The molecule has 0 radical (unpaired) electrons. The molecule has 3 rings (SSSR count). The van der Waals surface area contributed by atoms with Crippen LogP contribution < -0.4 is 4.90 Å². The molecule has 1 aliphatic rings. The molecule has 1 aliphatic carbocycles. The van der Waals surface area contributed by atoms with Crippen LogP contribution in [0, 0.1) is 6.92 Å². The summed E-state index contributed by atoms with van der Waals surface area (Å²) in [5, 5.41) is 0. The maximum absolute atomic E-state index is 4.70. The summed E-state index contributed by atoms with van der Waals surface area (Å²) < 4.78 is 2.12. The first-order valence-electron chi connectivity index (χ1n) is 7.77. The molecule has 0 N–H and O–H groups in total. The van der Waals surface area contributed by atoms with Crippen molar-refractivity contribution in [3.8, 4) is 0 Å². The highest BCUT2D eigenvalue weighted by molar-refractivity contribution is 5.49. The SMILES string of the molecule is Cc1nc2c(c(N(C)CCCn3ccnc3)n1)CCCC2. The molecule has 0 unspecified atom stereocenters. The second-order valence-electron chi connectivity index (χ2n) is 5.80. The number of hydrogen-bond donors (Lipinski definition) is 0. The van der Waals surface area contributed by atoms with Crippen LogP contribution in [0.2, 0.25) is 0 Å². The molecule has 21 heavy (non-hydrogen) atoms. The Labute approximate surface area is 126 Å². The number of rotatable bonds is 5. The third kappa shape index (κ3) is 3.23. The summed E-state index contributed by atoms with van der Waals surface area (Å²) >= 11 is 0. The normalized spacial score (nSPS) is 14.0. The Bertz CT molecular complexity index is 591. The fraction of sp³-hybridized carbons (Fsp3) is 0.562. The van der Waals surface area contributed by atoms with Gasteiger partial charge in [0.15, 0.2) is 0 Å². The van der Waals surface area contributed by atoms with Crippen LogP contribution in [-0.4, -0.2) is 33.1 Å². The lowest BCUT2D eigenvalue weighted by atomic mass is 9.96. The van der Waals surface area contributed by atoms with E-state index >= 15 is 0 Å².